The van der Waals surface area contributed by atoms with Gasteiger partial charge in [0.15, 0.2) is 10.9 Å². The first kappa shape index (κ1) is 20.9. The summed E-state index contributed by atoms with van der Waals surface area (Å²) >= 11 is 1.29. The Morgan fingerprint density at radius 2 is 1.71 bits per heavy atom. The van der Waals surface area contributed by atoms with Crippen LogP contribution in [0.4, 0.5) is 0 Å². The Morgan fingerprint density at radius 3 is 2.42 bits per heavy atom. The first-order valence-corrected chi connectivity index (χ1v) is 10.9. The molecule has 156 valence electrons. The molecule has 0 fully saturated rings. The van der Waals surface area contributed by atoms with Crippen molar-refractivity contribution in [3.8, 4) is 5.75 Å². The number of carbonyl (C=O) groups excluding carboxylic acids is 1. The summed E-state index contributed by atoms with van der Waals surface area (Å²) < 4.78 is 6.85. The minimum atomic E-state index is -0.119. The molecule has 1 aromatic heterocycles. The zero-order valence-corrected chi connectivity index (χ0v) is 18.2. The van der Waals surface area contributed by atoms with Crippen LogP contribution in [0.3, 0.4) is 0 Å². The second-order valence-corrected chi connectivity index (χ2v) is 8.17. The predicted molar refractivity (Wildman–Crippen MR) is 124 cm³/mol. The third-order valence-electron chi connectivity index (χ3n) is 5.03. The maximum atomic E-state index is 13.2. The highest BCUT2D eigenvalue weighted by Gasteiger charge is 2.14. The van der Waals surface area contributed by atoms with Gasteiger partial charge in [0.2, 0.25) is 0 Å². The van der Waals surface area contributed by atoms with Crippen LogP contribution in [0.2, 0.25) is 0 Å². The molecule has 6 heteroatoms. The van der Waals surface area contributed by atoms with Gasteiger partial charge in [-0.1, -0.05) is 65.9 Å². The van der Waals surface area contributed by atoms with Gasteiger partial charge < -0.3 is 4.74 Å². The van der Waals surface area contributed by atoms with Crippen LogP contribution in [0, 0.1) is 6.92 Å². The van der Waals surface area contributed by atoms with E-state index in [9.17, 15) is 9.59 Å². The largest absolute Gasteiger partial charge is 0.497 e. The van der Waals surface area contributed by atoms with E-state index in [1.54, 1.807) is 17.7 Å². The summed E-state index contributed by atoms with van der Waals surface area (Å²) in [6, 6.07) is 22.4. The molecule has 0 aliphatic heterocycles. The molecule has 0 saturated carbocycles. The summed E-state index contributed by atoms with van der Waals surface area (Å²) in [4.78, 5) is 30.6. The van der Waals surface area contributed by atoms with Crippen molar-refractivity contribution in [2.45, 2.75) is 18.6 Å². The Morgan fingerprint density at radius 1 is 1.00 bits per heavy atom. The molecule has 0 saturated heterocycles. The average Bonchev–Trinajstić information content (AvgIpc) is 2.80. The highest BCUT2D eigenvalue weighted by Crippen LogP contribution is 2.21. The fraction of sp³-hybridized carbons (Fsp3) is 0.160. The SMILES string of the molecule is COc1ccc(Cn2c(SCC(=O)c3ccc(C)cc3)nc3ccccc3c2=O)cc1. The lowest BCUT2D eigenvalue weighted by Gasteiger charge is -2.13. The number of nitrogens with zero attached hydrogens (tertiary/aromatic N) is 2. The molecule has 0 radical (unpaired) electrons. The third-order valence-corrected chi connectivity index (χ3v) is 6.01. The number of Topliss-reactive ketones (excluding diaryl/α,β-unsaturated/α-hetero) is 1. The van der Waals surface area contributed by atoms with Crippen molar-refractivity contribution in [1.29, 1.82) is 0 Å². The fourth-order valence-corrected chi connectivity index (χ4v) is 4.16. The highest BCUT2D eigenvalue weighted by atomic mass is 32.2. The number of para-hydroxylation sites is 1. The minimum absolute atomic E-state index is 0.00315. The number of hydrogen-bond donors (Lipinski definition) is 0. The van der Waals surface area contributed by atoms with Crippen molar-refractivity contribution in [3.05, 3.63) is 99.8 Å². The molecule has 0 bridgehead atoms. The summed E-state index contributed by atoms with van der Waals surface area (Å²) in [5.74, 6) is 0.964. The van der Waals surface area contributed by atoms with Gasteiger partial charge in [0, 0.05) is 5.56 Å². The zero-order valence-electron chi connectivity index (χ0n) is 17.4. The van der Waals surface area contributed by atoms with Crippen LogP contribution in [0.25, 0.3) is 10.9 Å². The van der Waals surface area contributed by atoms with Crippen LogP contribution in [0.5, 0.6) is 5.75 Å². The van der Waals surface area contributed by atoms with E-state index >= 15 is 0 Å². The van der Waals surface area contributed by atoms with Gasteiger partial charge in [-0.15, -0.1) is 0 Å². The first-order chi connectivity index (χ1) is 15.0. The van der Waals surface area contributed by atoms with E-state index in [1.165, 1.54) is 11.8 Å². The number of thioether (sulfide) groups is 1. The Hall–Kier alpha value is -3.38. The molecule has 1 heterocycles. The molecular weight excluding hydrogens is 408 g/mol. The molecule has 4 rings (SSSR count). The molecule has 0 aliphatic carbocycles. The molecule has 31 heavy (non-hydrogen) atoms. The van der Waals surface area contributed by atoms with Crippen molar-refractivity contribution >= 4 is 28.4 Å². The summed E-state index contributed by atoms with van der Waals surface area (Å²) in [6.07, 6.45) is 0. The summed E-state index contributed by atoms with van der Waals surface area (Å²) in [5.41, 5.74) is 3.22. The maximum Gasteiger partial charge on any atom is 0.262 e. The van der Waals surface area contributed by atoms with Crippen molar-refractivity contribution < 1.29 is 9.53 Å². The van der Waals surface area contributed by atoms with Gasteiger partial charge in [-0.2, -0.15) is 0 Å². The van der Waals surface area contributed by atoms with E-state index in [0.717, 1.165) is 16.9 Å². The van der Waals surface area contributed by atoms with Crippen molar-refractivity contribution in [1.82, 2.24) is 9.55 Å². The number of ketones is 1. The average molecular weight is 431 g/mol. The van der Waals surface area contributed by atoms with Gasteiger partial charge in [0.1, 0.15) is 5.75 Å². The summed E-state index contributed by atoms with van der Waals surface area (Å²) in [5, 5.41) is 1.09. The van der Waals surface area contributed by atoms with Crippen LogP contribution in [-0.4, -0.2) is 28.2 Å². The van der Waals surface area contributed by atoms with Gasteiger partial charge in [0.05, 0.1) is 30.3 Å². The van der Waals surface area contributed by atoms with E-state index in [1.807, 2.05) is 73.7 Å². The number of fused-ring (bicyclic) bond motifs is 1. The van der Waals surface area contributed by atoms with Crippen LogP contribution < -0.4 is 10.3 Å². The zero-order chi connectivity index (χ0) is 21.8. The Kier molecular flexibility index (Phi) is 6.18. The van der Waals surface area contributed by atoms with Gasteiger partial charge in [0.25, 0.3) is 5.56 Å². The van der Waals surface area contributed by atoms with Crippen molar-refractivity contribution in [2.75, 3.05) is 12.9 Å². The van der Waals surface area contributed by atoms with E-state index in [-0.39, 0.29) is 17.1 Å². The Bertz CT molecular complexity index is 1280. The number of aromatic nitrogens is 2. The molecule has 0 unspecified atom stereocenters. The molecule has 0 N–H and O–H groups in total. The number of ether oxygens (including phenoxy) is 1. The Labute approximate surface area is 184 Å². The van der Waals surface area contributed by atoms with Gasteiger partial charge in [-0.3, -0.25) is 14.2 Å². The molecule has 4 aromatic rings. The van der Waals surface area contributed by atoms with Gasteiger partial charge in [-0.25, -0.2) is 4.98 Å². The van der Waals surface area contributed by atoms with Crippen LogP contribution in [0.1, 0.15) is 21.5 Å². The van der Waals surface area contributed by atoms with E-state index in [0.29, 0.717) is 28.2 Å². The minimum Gasteiger partial charge on any atom is -0.497 e. The number of carbonyl (C=O) groups is 1. The molecule has 0 aliphatic rings. The first-order valence-electron chi connectivity index (χ1n) is 9.90. The lowest BCUT2D eigenvalue weighted by atomic mass is 10.1. The van der Waals surface area contributed by atoms with E-state index in [2.05, 4.69) is 0 Å². The monoisotopic (exact) mass is 430 g/mol. The maximum absolute atomic E-state index is 13.2. The van der Waals surface area contributed by atoms with Gasteiger partial charge in [-0.05, 0) is 36.8 Å². The lowest BCUT2D eigenvalue weighted by Crippen LogP contribution is -2.24. The van der Waals surface area contributed by atoms with Crippen LogP contribution in [0.15, 0.2) is 82.7 Å². The third kappa shape index (κ3) is 4.70. The predicted octanol–water partition coefficient (Wildman–Crippen LogP) is 4.74. The Balaban J connectivity index is 1.66. The number of aryl methyl sites for hydroxylation is 1. The molecule has 0 amide bonds. The van der Waals surface area contributed by atoms with Crippen molar-refractivity contribution in [3.63, 3.8) is 0 Å². The fourth-order valence-electron chi connectivity index (χ4n) is 3.26. The van der Waals surface area contributed by atoms with Crippen LogP contribution in [-0.2, 0) is 6.54 Å². The number of hydrogen-bond acceptors (Lipinski definition) is 5. The summed E-state index contributed by atoms with van der Waals surface area (Å²) in [6.45, 7) is 2.35. The molecule has 0 spiro atoms. The van der Waals surface area contributed by atoms with Crippen molar-refractivity contribution in [2.24, 2.45) is 0 Å². The van der Waals surface area contributed by atoms with Crippen LogP contribution >= 0.6 is 11.8 Å². The molecule has 0 atom stereocenters. The van der Waals surface area contributed by atoms with E-state index < -0.39 is 0 Å². The molecular formula is C25H22N2O3S. The lowest BCUT2D eigenvalue weighted by molar-refractivity contribution is 0.102. The topological polar surface area (TPSA) is 61.2 Å². The summed E-state index contributed by atoms with van der Waals surface area (Å²) in [7, 11) is 1.62. The smallest absolute Gasteiger partial charge is 0.262 e. The molecule has 5 nitrogen and oxygen atoms in total. The normalized spacial score (nSPS) is 10.9. The highest BCUT2D eigenvalue weighted by molar-refractivity contribution is 7.99. The number of rotatable bonds is 7. The standard InChI is InChI=1S/C25H22N2O3S/c1-17-7-11-19(12-8-17)23(28)16-31-25-26-22-6-4-3-5-21(22)24(29)27(25)15-18-9-13-20(30-2)14-10-18/h3-14H,15-16H2,1-2H3. The quantitative estimate of drug-likeness (QED) is 0.241. The van der Waals surface area contributed by atoms with E-state index in [4.69, 9.17) is 9.72 Å². The van der Waals surface area contributed by atoms with Gasteiger partial charge >= 0.3 is 0 Å². The molecule has 3 aromatic carbocycles. The number of benzene rings is 3. The second-order valence-electron chi connectivity index (χ2n) is 7.23. The number of methoxy groups -OCH3 is 1. The second kappa shape index (κ2) is 9.18.